The predicted molar refractivity (Wildman–Crippen MR) is 97.7 cm³/mol. The lowest BCUT2D eigenvalue weighted by Gasteiger charge is -2.17. The summed E-state index contributed by atoms with van der Waals surface area (Å²) in [4.78, 5) is 10.7. The fraction of sp³-hybridized carbons (Fsp3) is 0.188. The first-order chi connectivity index (χ1) is 11.2. The lowest BCUT2D eigenvalue weighted by molar-refractivity contribution is 0.696. The molecule has 0 bridgehead atoms. The predicted octanol–water partition coefficient (Wildman–Crippen LogP) is 2.86. The third-order valence-corrected chi connectivity index (χ3v) is 4.37. The van der Waals surface area contributed by atoms with E-state index in [1.165, 1.54) is 0 Å². The average molecular weight is 324 g/mol. The Morgan fingerprint density at radius 2 is 2.17 bits per heavy atom. The molecule has 0 spiro atoms. The molecule has 3 heterocycles. The fourth-order valence-electron chi connectivity index (χ4n) is 2.84. The van der Waals surface area contributed by atoms with Crippen molar-refractivity contribution in [1.82, 2.24) is 14.8 Å². The van der Waals surface area contributed by atoms with Crippen molar-refractivity contribution in [1.29, 1.82) is 0 Å². The number of nitrogens with one attached hydrogen (secondary N) is 1. The molecule has 1 aliphatic rings. The van der Waals surface area contributed by atoms with Crippen LogP contribution in [0.3, 0.4) is 0 Å². The van der Waals surface area contributed by atoms with E-state index in [1.807, 2.05) is 16.9 Å². The van der Waals surface area contributed by atoms with Crippen molar-refractivity contribution in [3.8, 4) is 0 Å². The molecular weight excluding hydrogens is 307 g/mol. The van der Waals surface area contributed by atoms with Crippen molar-refractivity contribution >= 4 is 43.0 Å². The summed E-state index contributed by atoms with van der Waals surface area (Å²) >= 11 is 0. The average Bonchev–Trinajstić information content (AvgIpc) is 3.14. The summed E-state index contributed by atoms with van der Waals surface area (Å²) in [6.45, 7) is 1.79. The van der Waals surface area contributed by atoms with Gasteiger partial charge in [0.1, 0.15) is 11.4 Å². The van der Waals surface area contributed by atoms with E-state index in [0.29, 0.717) is 0 Å². The molecule has 1 aromatic carbocycles. The minimum Gasteiger partial charge on any atom is -0.325 e. The molecule has 3 aromatic rings. The van der Waals surface area contributed by atoms with Gasteiger partial charge in [-0.05, 0) is 24.3 Å². The highest BCUT2D eigenvalue weighted by Crippen LogP contribution is 2.33. The lowest BCUT2D eigenvalue weighted by Crippen LogP contribution is -2.13. The number of amidine groups is 1. The summed E-state index contributed by atoms with van der Waals surface area (Å²) in [7, 11) is 4.30. The molecule has 23 heavy (non-hydrogen) atoms. The maximum absolute atomic E-state index is 4.57. The van der Waals surface area contributed by atoms with Crippen molar-refractivity contribution in [3.05, 3.63) is 42.6 Å². The Kier molecular flexibility index (Phi) is 3.46. The van der Waals surface area contributed by atoms with Gasteiger partial charge in [-0.3, -0.25) is 9.98 Å². The zero-order valence-electron chi connectivity index (χ0n) is 12.8. The number of pyridine rings is 1. The molecule has 2 aromatic heterocycles. The second-order valence-electron chi connectivity index (χ2n) is 5.38. The van der Waals surface area contributed by atoms with Gasteiger partial charge < -0.3 is 10.2 Å². The van der Waals surface area contributed by atoms with E-state index in [1.54, 1.807) is 7.05 Å². The van der Waals surface area contributed by atoms with E-state index in [2.05, 4.69) is 64.9 Å². The Labute approximate surface area is 136 Å². The highest BCUT2D eigenvalue weighted by Gasteiger charge is 2.23. The molecule has 1 atom stereocenters. The van der Waals surface area contributed by atoms with Crippen LogP contribution in [0.1, 0.15) is 0 Å². The SMILES string of the molecule is CN=C(P)Nc1cc2n(n1)CCN2c1ccc2ncccc2c1. The molecule has 0 saturated carbocycles. The number of aliphatic imine (C=N–C) groups is 1. The highest BCUT2D eigenvalue weighted by molar-refractivity contribution is 7.41. The monoisotopic (exact) mass is 324 g/mol. The normalized spacial score (nSPS) is 14.3. The first-order valence-electron chi connectivity index (χ1n) is 7.44. The summed E-state index contributed by atoms with van der Waals surface area (Å²) in [5.74, 6) is 1.90. The number of anilines is 3. The maximum atomic E-state index is 4.57. The number of nitrogens with zero attached hydrogens (tertiary/aromatic N) is 5. The highest BCUT2D eigenvalue weighted by atomic mass is 31.0. The third-order valence-electron chi connectivity index (χ3n) is 3.97. The van der Waals surface area contributed by atoms with Gasteiger partial charge in [0.15, 0.2) is 5.82 Å². The second-order valence-corrected chi connectivity index (χ2v) is 5.92. The van der Waals surface area contributed by atoms with Crippen molar-refractivity contribution in [2.75, 3.05) is 23.8 Å². The second kappa shape index (κ2) is 5.63. The fourth-order valence-corrected chi connectivity index (χ4v) is 2.99. The molecule has 4 rings (SSSR count). The molecule has 1 N–H and O–H groups in total. The van der Waals surface area contributed by atoms with Crippen LogP contribution in [0.25, 0.3) is 10.9 Å². The van der Waals surface area contributed by atoms with E-state index < -0.39 is 0 Å². The molecule has 7 heteroatoms. The number of fused-ring (bicyclic) bond motifs is 2. The van der Waals surface area contributed by atoms with Crippen LogP contribution >= 0.6 is 9.24 Å². The molecule has 0 amide bonds. The number of rotatable bonds is 2. The van der Waals surface area contributed by atoms with Crippen LogP contribution < -0.4 is 10.2 Å². The van der Waals surface area contributed by atoms with Crippen LogP contribution in [0.15, 0.2) is 47.6 Å². The first kappa shape index (κ1) is 14.2. The van der Waals surface area contributed by atoms with Gasteiger partial charge in [-0.25, -0.2) is 4.68 Å². The zero-order chi connectivity index (χ0) is 15.8. The molecule has 0 fully saturated rings. The van der Waals surface area contributed by atoms with Gasteiger partial charge in [0.05, 0.1) is 12.1 Å². The van der Waals surface area contributed by atoms with Gasteiger partial charge in [-0.15, -0.1) is 0 Å². The molecular formula is C16H17N6P. The molecule has 1 aliphatic heterocycles. The summed E-state index contributed by atoms with van der Waals surface area (Å²) in [5.41, 5.74) is 2.94. The smallest absolute Gasteiger partial charge is 0.155 e. The molecule has 0 radical (unpaired) electrons. The van der Waals surface area contributed by atoms with Gasteiger partial charge in [0, 0.05) is 36.9 Å². The molecule has 1 unspecified atom stereocenters. The maximum Gasteiger partial charge on any atom is 0.155 e. The molecule has 6 nitrogen and oxygen atoms in total. The first-order valence-corrected chi connectivity index (χ1v) is 8.02. The van der Waals surface area contributed by atoms with E-state index in [0.717, 1.165) is 46.9 Å². The zero-order valence-corrected chi connectivity index (χ0v) is 13.9. The van der Waals surface area contributed by atoms with E-state index in [4.69, 9.17) is 0 Å². The number of benzene rings is 1. The lowest BCUT2D eigenvalue weighted by atomic mass is 10.2. The van der Waals surface area contributed by atoms with Gasteiger partial charge in [-0.1, -0.05) is 15.3 Å². The van der Waals surface area contributed by atoms with Crippen LogP contribution in [-0.4, -0.2) is 33.9 Å². The largest absolute Gasteiger partial charge is 0.325 e. The number of hydrogen-bond donors (Lipinski definition) is 1. The van der Waals surface area contributed by atoms with Crippen LogP contribution in [0.5, 0.6) is 0 Å². The van der Waals surface area contributed by atoms with Crippen LogP contribution in [0.2, 0.25) is 0 Å². The van der Waals surface area contributed by atoms with Crippen LogP contribution in [0, 0.1) is 0 Å². The van der Waals surface area contributed by atoms with Crippen molar-refractivity contribution in [2.24, 2.45) is 4.99 Å². The summed E-state index contributed by atoms with van der Waals surface area (Å²) in [6, 6.07) is 12.5. The van der Waals surface area contributed by atoms with Crippen LogP contribution in [-0.2, 0) is 6.54 Å². The van der Waals surface area contributed by atoms with Gasteiger partial charge in [0.2, 0.25) is 0 Å². The van der Waals surface area contributed by atoms with E-state index in [-0.39, 0.29) is 0 Å². The third kappa shape index (κ3) is 2.55. The Hall–Kier alpha value is -2.46. The van der Waals surface area contributed by atoms with Crippen molar-refractivity contribution < 1.29 is 0 Å². The van der Waals surface area contributed by atoms with E-state index >= 15 is 0 Å². The minimum atomic E-state index is 0.769. The van der Waals surface area contributed by atoms with Crippen LogP contribution in [0.4, 0.5) is 17.3 Å². The standard InChI is InChI=1S/C16H17N6P/c1-17-16(23)19-14-10-15-21(7-8-22(15)20-14)12-4-5-13-11(9-12)3-2-6-18-13/h2-6,9-10H,7-8,23H2,1H3,(H,17,19,20). The summed E-state index contributed by atoms with van der Waals surface area (Å²) in [5, 5.41) is 8.89. The molecule has 116 valence electrons. The summed E-state index contributed by atoms with van der Waals surface area (Å²) < 4.78 is 2.02. The number of hydrogen-bond acceptors (Lipinski definition) is 4. The van der Waals surface area contributed by atoms with Crippen molar-refractivity contribution in [2.45, 2.75) is 6.54 Å². The minimum absolute atomic E-state index is 0.769. The molecule has 0 saturated heterocycles. The molecule has 0 aliphatic carbocycles. The topological polar surface area (TPSA) is 58.3 Å². The Balaban J connectivity index is 1.69. The van der Waals surface area contributed by atoms with Gasteiger partial charge >= 0.3 is 0 Å². The Morgan fingerprint density at radius 1 is 1.26 bits per heavy atom. The van der Waals surface area contributed by atoms with Gasteiger partial charge in [-0.2, -0.15) is 5.10 Å². The number of aromatic nitrogens is 3. The van der Waals surface area contributed by atoms with Gasteiger partial charge in [0.25, 0.3) is 0 Å². The Bertz CT molecular complexity index is 900. The van der Waals surface area contributed by atoms with Crippen molar-refractivity contribution in [3.63, 3.8) is 0 Å². The quantitative estimate of drug-likeness (QED) is 0.447. The van der Waals surface area contributed by atoms with E-state index in [9.17, 15) is 0 Å². The summed E-state index contributed by atoms with van der Waals surface area (Å²) in [6.07, 6.45) is 1.82. The Morgan fingerprint density at radius 3 is 3.04 bits per heavy atom.